The third kappa shape index (κ3) is 3.89. The summed E-state index contributed by atoms with van der Waals surface area (Å²) in [5.74, 6) is -0.0140. The lowest BCUT2D eigenvalue weighted by atomic mass is 9.99. The van der Waals surface area contributed by atoms with Gasteiger partial charge in [0.15, 0.2) is 0 Å². The molecule has 0 saturated carbocycles. The van der Waals surface area contributed by atoms with Crippen LogP contribution in [0, 0.1) is 10.1 Å². The molecule has 0 radical (unpaired) electrons. The number of nitro groups is 1. The Morgan fingerprint density at radius 1 is 1.25 bits per heavy atom. The molecule has 134 valence electrons. The van der Waals surface area contributed by atoms with Crippen molar-refractivity contribution in [2.75, 3.05) is 6.61 Å². The zero-order chi connectivity index (χ0) is 18.0. The number of hydrogen-bond acceptors (Lipinski definition) is 8. The van der Waals surface area contributed by atoms with Crippen LogP contribution in [0.4, 0.5) is 5.69 Å². The molecule has 0 aliphatic carbocycles. The first-order valence-corrected chi connectivity index (χ1v) is 7.67. The SMILES string of the molecule is O=[N+]([O-])c1ccc(O[C@H]2O[C@H](CO)[C@@H](O)[C@H](O)[C@H]2O)c(C(Cl)Cl)c1. The maximum absolute atomic E-state index is 10.8. The fraction of sp³-hybridized carbons (Fsp3) is 0.538. The lowest BCUT2D eigenvalue weighted by molar-refractivity contribution is -0.385. The van der Waals surface area contributed by atoms with Gasteiger partial charge in [-0.05, 0) is 6.07 Å². The van der Waals surface area contributed by atoms with Gasteiger partial charge in [-0.2, -0.15) is 0 Å². The van der Waals surface area contributed by atoms with E-state index in [9.17, 15) is 25.4 Å². The van der Waals surface area contributed by atoms with Crippen molar-refractivity contribution in [1.82, 2.24) is 0 Å². The Hall–Kier alpha value is -1.20. The summed E-state index contributed by atoms with van der Waals surface area (Å²) in [6.07, 6.45) is -7.39. The van der Waals surface area contributed by atoms with Crippen molar-refractivity contribution in [3.8, 4) is 5.75 Å². The summed E-state index contributed by atoms with van der Waals surface area (Å²) in [7, 11) is 0. The van der Waals surface area contributed by atoms with E-state index in [0.717, 1.165) is 12.1 Å². The number of rotatable bonds is 5. The smallest absolute Gasteiger partial charge is 0.270 e. The number of aliphatic hydroxyl groups is 4. The molecule has 11 heteroatoms. The molecule has 0 aromatic heterocycles. The average Bonchev–Trinajstić information content (AvgIpc) is 2.55. The van der Waals surface area contributed by atoms with Gasteiger partial charge in [0.25, 0.3) is 5.69 Å². The molecule has 1 fully saturated rings. The van der Waals surface area contributed by atoms with Crippen LogP contribution in [0.15, 0.2) is 18.2 Å². The Balaban J connectivity index is 2.27. The van der Waals surface area contributed by atoms with E-state index in [4.69, 9.17) is 37.8 Å². The van der Waals surface area contributed by atoms with Gasteiger partial charge in [0.05, 0.1) is 11.5 Å². The largest absolute Gasteiger partial charge is 0.462 e. The van der Waals surface area contributed by atoms with Gasteiger partial charge in [0, 0.05) is 17.7 Å². The summed E-state index contributed by atoms with van der Waals surface area (Å²) in [5.41, 5.74) is -0.207. The topological polar surface area (TPSA) is 143 Å². The molecule has 1 aromatic rings. The van der Waals surface area contributed by atoms with Crippen LogP contribution in [0.3, 0.4) is 0 Å². The van der Waals surface area contributed by atoms with Crippen molar-refractivity contribution in [3.05, 3.63) is 33.9 Å². The van der Waals surface area contributed by atoms with E-state index >= 15 is 0 Å². The van der Waals surface area contributed by atoms with Gasteiger partial charge in [-0.1, -0.05) is 23.2 Å². The maximum Gasteiger partial charge on any atom is 0.270 e. The van der Waals surface area contributed by atoms with E-state index < -0.39 is 47.1 Å². The molecule has 1 aliphatic rings. The first kappa shape index (κ1) is 19.1. The minimum Gasteiger partial charge on any atom is -0.462 e. The highest BCUT2D eigenvalue weighted by molar-refractivity contribution is 6.44. The van der Waals surface area contributed by atoms with Crippen LogP contribution in [0.1, 0.15) is 10.4 Å². The zero-order valence-electron chi connectivity index (χ0n) is 12.0. The summed E-state index contributed by atoms with van der Waals surface area (Å²) in [4.78, 5) is 9.01. The second kappa shape index (κ2) is 7.79. The van der Waals surface area contributed by atoms with E-state index in [1.807, 2.05) is 0 Å². The van der Waals surface area contributed by atoms with Crippen LogP contribution in [-0.4, -0.2) is 62.7 Å². The monoisotopic (exact) mass is 383 g/mol. The first-order chi connectivity index (χ1) is 11.3. The highest BCUT2D eigenvalue weighted by Gasteiger charge is 2.45. The second-order valence-corrected chi connectivity index (χ2v) is 6.19. The predicted molar refractivity (Wildman–Crippen MR) is 81.9 cm³/mol. The second-order valence-electron chi connectivity index (χ2n) is 5.10. The van der Waals surface area contributed by atoms with Crippen molar-refractivity contribution < 1.29 is 34.8 Å². The molecule has 1 saturated heterocycles. The number of halogens is 2. The molecule has 4 N–H and O–H groups in total. The number of nitro benzene ring substituents is 1. The molecule has 0 amide bonds. The Bertz CT molecular complexity index is 599. The number of alkyl halides is 2. The number of nitrogens with zero attached hydrogens (tertiary/aromatic N) is 1. The van der Waals surface area contributed by atoms with Gasteiger partial charge in [-0.25, -0.2) is 0 Å². The Morgan fingerprint density at radius 3 is 2.46 bits per heavy atom. The van der Waals surface area contributed by atoms with E-state index in [0.29, 0.717) is 0 Å². The average molecular weight is 384 g/mol. The van der Waals surface area contributed by atoms with Crippen molar-refractivity contribution in [2.24, 2.45) is 0 Å². The molecule has 1 aliphatic heterocycles. The van der Waals surface area contributed by atoms with Gasteiger partial charge >= 0.3 is 0 Å². The maximum atomic E-state index is 10.8. The number of non-ortho nitro benzene ring substituents is 1. The van der Waals surface area contributed by atoms with Crippen molar-refractivity contribution in [1.29, 1.82) is 0 Å². The van der Waals surface area contributed by atoms with Crippen molar-refractivity contribution in [3.63, 3.8) is 0 Å². The minimum atomic E-state index is -1.63. The molecule has 1 aromatic carbocycles. The van der Waals surface area contributed by atoms with Crippen molar-refractivity contribution in [2.45, 2.75) is 35.5 Å². The summed E-state index contributed by atoms with van der Waals surface area (Å²) < 4.78 is 10.6. The van der Waals surface area contributed by atoms with Gasteiger partial charge < -0.3 is 29.9 Å². The third-order valence-electron chi connectivity index (χ3n) is 3.53. The Kier molecular flexibility index (Phi) is 6.21. The standard InChI is InChI=1S/C13H15Cl2NO8/c14-12(15)6-3-5(16(21)22)1-2-7(6)23-13-11(20)10(19)9(18)8(4-17)24-13/h1-3,8-13,17-20H,4H2/t8-,9-,10+,11-,13+/m1/s1. The summed E-state index contributed by atoms with van der Waals surface area (Å²) in [5, 5.41) is 49.3. The van der Waals surface area contributed by atoms with Gasteiger partial charge in [0.2, 0.25) is 6.29 Å². The predicted octanol–water partition coefficient (Wildman–Crippen LogP) is 0.250. The van der Waals surface area contributed by atoms with Gasteiger partial charge in [-0.15, -0.1) is 0 Å². The number of benzene rings is 1. The molecule has 2 rings (SSSR count). The molecule has 5 atom stereocenters. The van der Waals surface area contributed by atoms with E-state index in [-0.39, 0.29) is 17.0 Å². The molecular formula is C13H15Cl2NO8. The van der Waals surface area contributed by atoms with Crippen LogP contribution in [-0.2, 0) is 4.74 Å². The number of aliphatic hydroxyl groups excluding tert-OH is 4. The normalized spacial score (nSPS) is 30.4. The highest BCUT2D eigenvalue weighted by atomic mass is 35.5. The molecular weight excluding hydrogens is 369 g/mol. The van der Waals surface area contributed by atoms with Crippen LogP contribution in [0.5, 0.6) is 5.75 Å². The zero-order valence-corrected chi connectivity index (χ0v) is 13.5. The van der Waals surface area contributed by atoms with Crippen LogP contribution in [0.25, 0.3) is 0 Å². The molecule has 1 heterocycles. The Labute approximate surface area is 146 Å². The van der Waals surface area contributed by atoms with Crippen LogP contribution < -0.4 is 4.74 Å². The first-order valence-electron chi connectivity index (χ1n) is 6.80. The quantitative estimate of drug-likeness (QED) is 0.322. The minimum absolute atomic E-state index is 0.0140. The van der Waals surface area contributed by atoms with Crippen LogP contribution in [0.2, 0.25) is 0 Å². The van der Waals surface area contributed by atoms with E-state index in [1.54, 1.807) is 0 Å². The molecule has 24 heavy (non-hydrogen) atoms. The molecule has 0 bridgehead atoms. The molecule has 0 spiro atoms. The fourth-order valence-corrected chi connectivity index (χ4v) is 2.56. The van der Waals surface area contributed by atoms with E-state index in [1.165, 1.54) is 6.07 Å². The lowest BCUT2D eigenvalue weighted by Crippen LogP contribution is -2.60. The van der Waals surface area contributed by atoms with Crippen molar-refractivity contribution >= 4 is 28.9 Å². The number of ether oxygens (including phenoxy) is 2. The lowest BCUT2D eigenvalue weighted by Gasteiger charge is -2.39. The van der Waals surface area contributed by atoms with Crippen LogP contribution >= 0.6 is 23.2 Å². The molecule has 0 unspecified atom stereocenters. The summed E-state index contributed by atoms with van der Waals surface area (Å²) in [6.45, 7) is -0.619. The summed E-state index contributed by atoms with van der Waals surface area (Å²) >= 11 is 11.6. The van der Waals surface area contributed by atoms with Gasteiger partial charge in [0.1, 0.15) is 35.0 Å². The summed E-state index contributed by atoms with van der Waals surface area (Å²) in [6, 6.07) is 3.45. The third-order valence-corrected chi connectivity index (χ3v) is 4.00. The Morgan fingerprint density at radius 2 is 1.92 bits per heavy atom. The fourth-order valence-electron chi connectivity index (χ4n) is 2.22. The highest BCUT2D eigenvalue weighted by Crippen LogP contribution is 2.37. The number of hydrogen-bond donors (Lipinski definition) is 4. The molecule has 9 nitrogen and oxygen atoms in total. The van der Waals surface area contributed by atoms with E-state index in [2.05, 4.69) is 0 Å². The van der Waals surface area contributed by atoms with Gasteiger partial charge in [-0.3, -0.25) is 10.1 Å².